The fourth-order valence-corrected chi connectivity index (χ4v) is 0.995. The van der Waals surface area contributed by atoms with E-state index in [-0.39, 0.29) is 0 Å². The van der Waals surface area contributed by atoms with Crippen LogP contribution in [-0.2, 0) is 4.74 Å². The first-order valence-electron chi connectivity index (χ1n) is 4.86. The van der Waals surface area contributed by atoms with Crippen LogP contribution in [0.3, 0.4) is 0 Å². The van der Waals surface area contributed by atoms with E-state index in [1.807, 2.05) is 27.0 Å². The molecule has 0 fully saturated rings. The number of hydrogen-bond donors (Lipinski definition) is 2. The van der Waals surface area contributed by atoms with Gasteiger partial charge in [-0.2, -0.15) is 0 Å². The Morgan fingerprint density at radius 2 is 2.12 bits per heavy atom. The molecular weight excluding hydrogens is 206 g/mol. The minimum atomic E-state index is -0.501. The van der Waals surface area contributed by atoms with Crippen LogP contribution in [0.15, 0.2) is 36.3 Å². The quantitative estimate of drug-likeness (QED) is 0.552. The fraction of sp³-hybridized carbons (Fsp3) is 0.364. The lowest BCUT2D eigenvalue weighted by molar-refractivity contribution is 0.174. The Hall–Kier alpha value is -1.91. The van der Waals surface area contributed by atoms with E-state index in [1.54, 1.807) is 17.3 Å². The Bertz CT molecular complexity index is 308. The number of nitrogens with zero attached hydrogens (tertiary/aromatic N) is 1. The van der Waals surface area contributed by atoms with Gasteiger partial charge in [-0.3, -0.25) is 10.3 Å². The standard InChI is InChI=1S/C11H19N3O2/c1-6-8-10(13-11(15)16-5)9(3)14(4)12-7-2/h6-8,12H,2H2,1,3-5H3,(H,13,15)/b8-6-,10-9+. The molecule has 0 aliphatic carbocycles. The number of hydrogen-bond acceptors (Lipinski definition) is 4. The van der Waals surface area contributed by atoms with E-state index < -0.39 is 6.09 Å². The summed E-state index contributed by atoms with van der Waals surface area (Å²) in [4.78, 5) is 11.1. The van der Waals surface area contributed by atoms with Crippen molar-refractivity contribution in [3.05, 3.63) is 36.3 Å². The minimum absolute atomic E-state index is 0.501. The molecule has 0 aliphatic heterocycles. The maximum absolute atomic E-state index is 11.1. The van der Waals surface area contributed by atoms with Crippen molar-refractivity contribution in [3.8, 4) is 0 Å². The molecule has 90 valence electrons. The molecule has 0 rings (SSSR count). The van der Waals surface area contributed by atoms with Crippen LogP contribution in [0.5, 0.6) is 0 Å². The number of allylic oxidation sites excluding steroid dienone is 3. The van der Waals surface area contributed by atoms with Gasteiger partial charge in [-0.15, -0.1) is 0 Å². The summed E-state index contributed by atoms with van der Waals surface area (Å²) in [5.41, 5.74) is 4.38. The van der Waals surface area contributed by atoms with Crippen molar-refractivity contribution in [1.82, 2.24) is 15.8 Å². The zero-order valence-corrected chi connectivity index (χ0v) is 10.2. The number of rotatable bonds is 5. The van der Waals surface area contributed by atoms with Gasteiger partial charge in [0.1, 0.15) is 0 Å². The maximum atomic E-state index is 11.1. The van der Waals surface area contributed by atoms with Gasteiger partial charge in [0.05, 0.1) is 18.5 Å². The minimum Gasteiger partial charge on any atom is -0.453 e. The number of methoxy groups -OCH3 is 1. The highest BCUT2D eigenvalue weighted by molar-refractivity contribution is 5.70. The molecule has 0 atom stereocenters. The Kier molecular flexibility index (Phi) is 6.51. The van der Waals surface area contributed by atoms with Crippen LogP contribution < -0.4 is 10.7 Å². The zero-order valence-electron chi connectivity index (χ0n) is 10.2. The largest absolute Gasteiger partial charge is 0.453 e. The van der Waals surface area contributed by atoms with Crippen LogP contribution in [0.25, 0.3) is 0 Å². The van der Waals surface area contributed by atoms with Crippen LogP contribution in [0.4, 0.5) is 4.79 Å². The summed E-state index contributed by atoms with van der Waals surface area (Å²) in [7, 11) is 3.14. The van der Waals surface area contributed by atoms with Crippen LogP contribution in [0, 0.1) is 0 Å². The molecule has 0 aromatic carbocycles. The number of carbonyl (C=O) groups is 1. The molecule has 1 amide bonds. The van der Waals surface area contributed by atoms with E-state index in [0.29, 0.717) is 5.70 Å². The average molecular weight is 225 g/mol. The summed E-state index contributed by atoms with van der Waals surface area (Å²) in [6.45, 7) is 7.29. The average Bonchev–Trinajstić information content (AvgIpc) is 2.27. The molecule has 0 unspecified atom stereocenters. The molecule has 0 spiro atoms. The van der Waals surface area contributed by atoms with Gasteiger partial charge in [0.15, 0.2) is 0 Å². The summed E-state index contributed by atoms with van der Waals surface area (Å²) < 4.78 is 4.54. The highest BCUT2D eigenvalue weighted by Gasteiger charge is 2.07. The van der Waals surface area contributed by atoms with Gasteiger partial charge >= 0.3 is 6.09 Å². The van der Waals surface area contributed by atoms with Gasteiger partial charge in [0.25, 0.3) is 0 Å². The molecule has 2 N–H and O–H groups in total. The molecule has 0 heterocycles. The Balaban J connectivity index is 4.90. The molecule has 0 saturated heterocycles. The van der Waals surface area contributed by atoms with E-state index in [9.17, 15) is 4.79 Å². The number of carbonyl (C=O) groups excluding carboxylic acids is 1. The van der Waals surface area contributed by atoms with Gasteiger partial charge < -0.3 is 10.2 Å². The summed E-state index contributed by atoms with van der Waals surface area (Å²) >= 11 is 0. The first-order chi connectivity index (χ1) is 7.56. The van der Waals surface area contributed by atoms with E-state index in [2.05, 4.69) is 22.1 Å². The van der Waals surface area contributed by atoms with Crippen molar-refractivity contribution < 1.29 is 9.53 Å². The highest BCUT2D eigenvalue weighted by atomic mass is 16.5. The number of alkyl carbamates (subject to hydrolysis) is 1. The lowest BCUT2D eigenvalue weighted by Gasteiger charge is -2.21. The lowest BCUT2D eigenvalue weighted by Crippen LogP contribution is -2.32. The first-order valence-corrected chi connectivity index (χ1v) is 4.86. The number of nitrogens with one attached hydrogen (secondary N) is 2. The first kappa shape index (κ1) is 14.1. The van der Waals surface area contributed by atoms with E-state index in [1.165, 1.54) is 7.11 Å². The third kappa shape index (κ3) is 4.54. The monoisotopic (exact) mass is 225 g/mol. The molecule has 0 aliphatic rings. The van der Waals surface area contributed by atoms with Gasteiger partial charge in [0.2, 0.25) is 0 Å². The highest BCUT2D eigenvalue weighted by Crippen LogP contribution is 2.05. The number of amides is 1. The summed E-state index contributed by atoms with van der Waals surface area (Å²) in [5.74, 6) is 0. The Labute approximate surface area is 96.4 Å². The van der Waals surface area contributed by atoms with Gasteiger partial charge in [-0.25, -0.2) is 4.79 Å². The molecule has 0 aromatic heterocycles. The molecule has 16 heavy (non-hydrogen) atoms. The molecule has 0 saturated carbocycles. The third-order valence-corrected chi connectivity index (χ3v) is 1.93. The van der Waals surface area contributed by atoms with Crippen molar-refractivity contribution >= 4 is 6.09 Å². The summed E-state index contributed by atoms with van der Waals surface area (Å²) in [5, 5.41) is 4.36. The summed E-state index contributed by atoms with van der Waals surface area (Å²) in [6, 6.07) is 0. The van der Waals surface area contributed by atoms with Gasteiger partial charge in [-0.1, -0.05) is 12.7 Å². The topological polar surface area (TPSA) is 53.6 Å². The zero-order chi connectivity index (χ0) is 12.6. The fourth-order valence-electron chi connectivity index (χ4n) is 0.995. The Morgan fingerprint density at radius 3 is 2.56 bits per heavy atom. The van der Waals surface area contributed by atoms with Gasteiger partial charge in [-0.05, 0) is 19.9 Å². The smallest absolute Gasteiger partial charge is 0.411 e. The molecule has 5 heteroatoms. The molecule has 0 aromatic rings. The Morgan fingerprint density at radius 1 is 1.50 bits per heavy atom. The number of hydrazine groups is 1. The predicted molar refractivity (Wildman–Crippen MR) is 64.2 cm³/mol. The van der Waals surface area contributed by atoms with Crippen molar-refractivity contribution in [3.63, 3.8) is 0 Å². The molecule has 0 radical (unpaired) electrons. The second-order valence-electron chi connectivity index (χ2n) is 3.01. The SMILES string of the molecule is C=CNN(C)/C(C)=C(\C=C/C)NC(=O)OC. The number of ether oxygens (including phenoxy) is 1. The van der Waals surface area contributed by atoms with Crippen LogP contribution in [0.1, 0.15) is 13.8 Å². The summed E-state index contributed by atoms with van der Waals surface area (Å²) in [6.07, 6.45) is 4.67. The molecular formula is C11H19N3O2. The van der Waals surface area contributed by atoms with Gasteiger partial charge in [0, 0.05) is 13.2 Å². The van der Waals surface area contributed by atoms with E-state index in [4.69, 9.17) is 0 Å². The second-order valence-corrected chi connectivity index (χ2v) is 3.01. The van der Waals surface area contributed by atoms with E-state index in [0.717, 1.165) is 5.70 Å². The van der Waals surface area contributed by atoms with E-state index >= 15 is 0 Å². The molecule has 0 bridgehead atoms. The predicted octanol–water partition coefficient (Wildman–Crippen LogP) is 1.73. The molecule has 5 nitrogen and oxygen atoms in total. The van der Waals surface area contributed by atoms with Crippen LogP contribution in [-0.4, -0.2) is 25.3 Å². The normalized spacial score (nSPS) is 11.8. The van der Waals surface area contributed by atoms with Crippen molar-refractivity contribution in [1.29, 1.82) is 0 Å². The second kappa shape index (κ2) is 7.39. The lowest BCUT2D eigenvalue weighted by atomic mass is 10.3. The van der Waals surface area contributed by atoms with Crippen LogP contribution in [0.2, 0.25) is 0 Å². The van der Waals surface area contributed by atoms with Crippen molar-refractivity contribution in [2.24, 2.45) is 0 Å². The van der Waals surface area contributed by atoms with Crippen LogP contribution >= 0.6 is 0 Å². The van der Waals surface area contributed by atoms with Crippen molar-refractivity contribution in [2.45, 2.75) is 13.8 Å². The maximum Gasteiger partial charge on any atom is 0.411 e. The third-order valence-electron chi connectivity index (χ3n) is 1.93. The van der Waals surface area contributed by atoms with Crippen molar-refractivity contribution in [2.75, 3.05) is 14.2 Å².